The summed E-state index contributed by atoms with van der Waals surface area (Å²) in [5, 5.41) is 8.76. The lowest BCUT2D eigenvalue weighted by atomic mass is 9.98. The van der Waals surface area contributed by atoms with Gasteiger partial charge >= 0.3 is 5.97 Å². The lowest BCUT2D eigenvalue weighted by molar-refractivity contribution is 0.0696. The van der Waals surface area contributed by atoms with Crippen LogP contribution in [-0.2, 0) is 0 Å². The molecular weight excluding hydrogens is 190 g/mol. The van der Waals surface area contributed by atoms with Crippen molar-refractivity contribution in [1.82, 2.24) is 4.98 Å². The molecule has 0 aliphatic carbocycles. The van der Waals surface area contributed by atoms with Gasteiger partial charge in [0.05, 0.1) is 5.56 Å². The zero-order valence-corrected chi connectivity index (χ0v) is 9.03. The molecule has 15 heavy (non-hydrogen) atoms. The minimum Gasteiger partial charge on any atom is -0.478 e. The molecule has 0 amide bonds. The molecule has 3 nitrogen and oxygen atoms in total. The fourth-order valence-electron chi connectivity index (χ4n) is 0.883. The number of carbonyl (C=O) groups is 1. The molecule has 0 unspecified atom stereocenters. The van der Waals surface area contributed by atoms with E-state index in [0.29, 0.717) is 5.69 Å². The third kappa shape index (κ3) is 3.82. The zero-order valence-electron chi connectivity index (χ0n) is 9.03. The van der Waals surface area contributed by atoms with Crippen LogP contribution in [-0.4, -0.2) is 16.1 Å². The molecule has 0 bridgehead atoms. The number of carboxylic acids is 1. The van der Waals surface area contributed by atoms with Crippen LogP contribution in [0, 0.1) is 17.3 Å². The first-order chi connectivity index (χ1) is 6.88. The van der Waals surface area contributed by atoms with Crippen molar-refractivity contribution in [2.24, 2.45) is 5.41 Å². The summed E-state index contributed by atoms with van der Waals surface area (Å²) in [6.07, 6.45) is 1.45. The number of aromatic carboxylic acids is 1. The third-order valence-electron chi connectivity index (χ3n) is 1.57. The van der Waals surface area contributed by atoms with Crippen LogP contribution in [0.15, 0.2) is 18.3 Å². The van der Waals surface area contributed by atoms with E-state index in [-0.39, 0.29) is 11.0 Å². The quantitative estimate of drug-likeness (QED) is 0.712. The number of aromatic nitrogens is 1. The second kappa shape index (κ2) is 4.14. The molecule has 3 heteroatoms. The van der Waals surface area contributed by atoms with Crippen LogP contribution in [0.1, 0.15) is 36.8 Å². The second-order valence-electron chi connectivity index (χ2n) is 4.23. The van der Waals surface area contributed by atoms with E-state index in [4.69, 9.17) is 5.11 Å². The van der Waals surface area contributed by atoms with Crippen molar-refractivity contribution >= 4 is 5.97 Å². The molecule has 1 rings (SSSR count). The molecule has 78 valence electrons. The monoisotopic (exact) mass is 203 g/mol. The maximum absolute atomic E-state index is 10.7. The van der Waals surface area contributed by atoms with Crippen LogP contribution >= 0.6 is 0 Å². The maximum Gasteiger partial charge on any atom is 0.335 e. The van der Waals surface area contributed by atoms with E-state index in [2.05, 4.69) is 16.8 Å². The summed E-state index contributed by atoms with van der Waals surface area (Å²) in [4.78, 5) is 14.7. The fraction of sp³-hybridized carbons (Fsp3) is 0.333. The summed E-state index contributed by atoms with van der Waals surface area (Å²) < 4.78 is 0. The number of carboxylic acid groups (broad SMARTS) is 1. The van der Waals surface area contributed by atoms with Gasteiger partial charge in [-0.2, -0.15) is 0 Å². The predicted octanol–water partition coefficient (Wildman–Crippen LogP) is 2.18. The topological polar surface area (TPSA) is 50.2 Å². The first kappa shape index (κ1) is 11.3. The molecule has 0 aliphatic heterocycles. The van der Waals surface area contributed by atoms with Gasteiger partial charge in [0.2, 0.25) is 0 Å². The first-order valence-electron chi connectivity index (χ1n) is 4.61. The van der Waals surface area contributed by atoms with Crippen LogP contribution in [0.2, 0.25) is 0 Å². The number of nitrogens with zero attached hydrogens (tertiary/aromatic N) is 1. The van der Waals surface area contributed by atoms with Gasteiger partial charge in [0, 0.05) is 11.6 Å². The highest BCUT2D eigenvalue weighted by Gasteiger charge is 2.05. The molecule has 1 aromatic heterocycles. The van der Waals surface area contributed by atoms with Crippen molar-refractivity contribution in [2.45, 2.75) is 20.8 Å². The molecule has 0 fully saturated rings. The minimum absolute atomic E-state index is 0.110. The molecule has 0 atom stereocenters. The van der Waals surface area contributed by atoms with Gasteiger partial charge in [-0.3, -0.25) is 0 Å². The van der Waals surface area contributed by atoms with E-state index < -0.39 is 5.97 Å². The highest BCUT2D eigenvalue weighted by atomic mass is 16.4. The molecule has 1 N–H and O–H groups in total. The summed E-state index contributed by atoms with van der Waals surface area (Å²) in [6.45, 7) is 5.96. The molecular formula is C12H13NO2. The highest BCUT2D eigenvalue weighted by Crippen LogP contribution is 2.10. The maximum atomic E-state index is 10.7. The predicted molar refractivity (Wildman–Crippen MR) is 57.5 cm³/mol. The Morgan fingerprint density at radius 2 is 2.13 bits per heavy atom. The van der Waals surface area contributed by atoms with Crippen molar-refractivity contribution in [3.05, 3.63) is 29.6 Å². The molecule has 0 aromatic carbocycles. The Labute approximate surface area is 89.2 Å². The average molecular weight is 203 g/mol. The van der Waals surface area contributed by atoms with Crippen LogP contribution in [0.4, 0.5) is 0 Å². The number of rotatable bonds is 1. The van der Waals surface area contributed by atoms with Gasteiger partial charge in [0.15, 0.2) is 0 Å². The van der Waals surface area contributed by atoms with Crippen LogP contribution < -0.4 is 0 Å². The van der Waals surface area contributed by atoms with Gasteiger partial charge in [-0.25, -0.2) is 9.78 Å². The van der Waals surface area contributed by atoms with Crippen molar-refractivity contribution in [1.29, 1.82) is 0 Å². The van der Waals surface area contributed by atoms with Gasteiger partial charge in [0.1, 0.15) is 5.69 Å². The van der Waals surface area contributed by atoms with Gasteiger partial charge in [-0.15, -0.1) is 0 Å². The molecule has 1 aromatic rings. The van der Waals surface area contributed by atoms with Gasteiger partial charge in [-0.05, 0) is 38.8 Å². The van der Waals surface area contributed by atoms with E-state index in [1.807, 2.05) is 20.8 Å². The van der Waals surface area contributed by atoms with Crippen LogP contribution in [0.5, 0.6) is 0 Å². The highest BCUT2D eigenvalue weighted by molar-refractivity contribution is 5.87. The molecule has 0 spiro atoms. The largest absolute Gasteiger partial charge is 0.478 e. The van der Waals surface area contributed by atoms with E-state index in [0.717, 1.165) is 0 Å². The smallest absolute Gasteiger partial charge is 0.335 e. The second-order valence-corrected chi connectivity index (χ2v) is 4.23. The summed E-state index contributed by atoms with van der Waals surface area (Å²) in [5.74, 6) is 4.89. The lowest BCUT2D eigenvalue weighted by Gasteiger charge is -2.06. The van der Waals surface area contributed by atoms with Crippen LogP contribution in [0.3, 0.4) is 0 Å². The summed E-state index contributed by atoms with van der Waals surface area (Å²) in [5.41, 5.74) is 0.592. The van der Waals surface area contributed by atoms with E-state index in [1.54, 1.807) is 0 Å². The molecule has 0 saturated carbocycles. The lowest BCUT2D eigenvalue weighted by Crippen LogP contribution is -2.00. The number of hydrogen-bond donors (Lipinski definition) is 1. The molecule has 0 radical (unpaired) electrons. The molecule has 0 aliphatic rings. The van der Waals surface area contributed by atoms with E-state index in [1.165, 1.54) is 18.3 Å². The van der Waals surface area contributed by atoms with Crippen molar-refractivity contribution in [3.8, 4) is 11.8 Å². The summed E-state index contributed by atoms with van der Waals surface area (Å²) in [7, 11) is 0. The van der Waals surface area contributed by atoms with E-state index in [9.17, 15) is 4.79 Å². The van der Waals surface area contributed by atoms with Gasteiger partial charge in [0.25, 0.3) is 0 Å². The number of hydrogen-bond acceptors (Lipinski definition) is 2. The summed E-state index contributed by atoms with van der Waals surface area (Å²) in [6, 6.07) is 2.92. The van der Waals surface area contributed by atoms with Crippen molar-refractivity contribution in [2.75, 3.05) is 0 Å². The first-order valence-corrected chi connectivity index (χ1v) is 4.61. The summed E-state index contributed by atoms with van der Waals surface area (Å²) >= 11 is 0. The Balaban J connectivity index is 3.00. The Morgan fingerprint density at radius 3 is 2.67 bits per heavy atom. The van der Waals surface area contributed by atoms with Gasteiger partial charge in [-0.1, -0.05) is 5.92 Å². The Morgan fingerprint density at radius 1 is 1.47 bits per heavy atom. The zero-order chi connectivity index (χ0) is 11.5. The Kier molecular flexibility index (Phi) is 3.11. The molecule has 0 saturated heterocycles. The van der Waals surface area contributed by atoms with E-state index >= 15 is 0 Å². The number of pyridine rings is 1. The Bertz CT molecular complexity index is 433. The normalized spacial score (nSPS) is 10.3. The van der Waals surface area contributed by atoms with Gasteiger partial charge < -0.3 is 5.11 Å². The SMILES string of the molecule is CC(C)(C)C#Cc1cc(C(=O)O)ccn1. The third-order valence-corrected chi connectivity index (χ3v) is 1.57. The fourth-order valence-corrected chi connectivity index (χ4v) is 0.883. The minimum atomic E-state index is -0.962. The standard InChI is InChI=1S/C12H13NO2/c1-12(2,3)6-4-10-8-9(11(14)15)5-7-13-10/h5,7-8H,1-3H3,(H,14,15). The van der Waals surface area contributed by atoms with Crippen molar-refractivity contribution in [3.63, 3.8) is 0 Å². The molecule has 1 heterocycles. The van der Waals surface area contributed by atoms with Crippen molar-refractivity contribution < 1.29 is 9.90 Å². The Hall–Kier alpha value is -1.82. The average Bonchev–Trinajstić information content (AvgIpc) is 2.14. The van der Waals surface area contributed by atoms with Crippen LogP contribution in [0.25, 0.3) is 0 Å².